The maximum atomic E-state index is 13.8. The van der Waals surface area contributed by atoms with Crippen LogP contribution in [0.1, 0.15) is 36.8 Å². The average Bonchev–Trinajstić information content (AvgIpc) is 3.15. The van der Waals surface area contributed by atoms with Crippen LogP contribution in [0.4, 0.5) is 0 Å². The number of allylic oxidation sites excluding steroid dienone is 6. The Kier molecular flexibility index (Phi) is 6.07. The van der Waals surface area contributed by atoms with E-state index in [0.717, 1.165) is 11.1 Å². The van der Waals surface area contributed by atoms with Crippen molar-refractivity contribution in [3.63, 3.8) is 0 Å². The lowest BCUT2D eigenvalue weighted by Crippen LogP contribution is -2.40. The van der Waals surface area contributed by atoms with Crippen molar-refractivity contribution in [3.05, 3.63) is 93.1 Å². The Morgan fingerprint density at radius 2 is 1.67 bits per heavy atom. The summed E-state index contributed by atoms with van der Waals surface area (Å²) in [5, 5.41) is 19.7. The van der Waals surface area contributed by atoms with E-state index < -0.39 is 23.7 Å². The van der Waals surface area contributed by atoms with Crippen LogP contribution in [0.15, 0.2) is 76.9 Å². The second kappa shape index (κ2) is 9.35. The van der Waals surface area contributed by atoms with Crippen LogP contribution in [-0.2, 0) is 25.6 Å². The van der Waals surface area contributed by atoms with E-state index in [4.69, 9.17) is 11.6 Å². The molecule has 8 heteroatoms. The van der Waals surface area contributed by atoms with Gasteiger partial charge in [-0.15, -0.1) is 0 Å². The molecule has 0 saturated carbocycles. The standard InChI is InChI=1S/C31H26ClNO6/c1-15-12-25(36)28-23(29(15)37)14-22-19(26(28)20-7-6-18(35)13-24(20)32)8-9-21-27(22)31(39)33(30(21)38)11-10-16-2-4-17(34)5-3-16/h2-8,12-13,21-22,26-27,34-35H,9-11,14H2,1H3. The quantitative estimate of drug-likeness (QED) is 0.335. The third kappa shape index (κ3) is 4.03. The molecule has 0 radical (unpaired) electrons. The first-order valence-electron chi connectivity index (χ1n) is 13.0. The number of fused-ring (bicyclic) bond motifs is 3. The van der Waals surface area contributed by atoms with E-state index in [0.29, 0.717) is 35.1 Å². The molecule has 3 aliphatic carbocycles. The van der Waals surface area contributed by atoms with Crippen molar-refractivity contribution in [2.75, 3.05) is 6.54 Å². The SMILES string of the molecule is CC1=CC(=O)C2=C(CC3C(=CCC4C(=O)N(CCc5ccc(O)cc5)C(=O)C43)C2c2ccc(O)cc2Cl)C1=O. The van der Waals surface area contributed by atoms with Gasteiger partial charge in [0.15, 0.2) is 11.6 Å². The number of hydrogen-bond donors (Lipinski definition) is 2. The van der Waals surface area contributed by atoms with E-state index in [-0.39, 0.29) is 52.9 Å². The Bertz CT molecular complexity index is 1550. The molecule has 39 heavy (non-hydrogen) atoms. The van der Waals surface area contributed by atoms with E-state index in [1.807, 2.05) is 6.08 Å². The molecule has 4 aliphatic rings. The number of carbonyl (C=O) groups is 4. The van der Waals surface area contributed by atoms with Crippen LogP contribution in [0.2, 0.25) is 5.02 Å². The molecule has 6 rings (SSSR count). The second-order valence-corrected chi connectivity index (χ2v) is 11.1. The Labute approximate surface area is 230 Å². The number of imide groups is 1. The van der Waals surface area contributed by atoms with Crippen molar-refractivity contribution in [1.29, 1.82) is 0 Å². The first-order chi connectivity index (χ1) is 18.7. The van der Waals surface area contributed by atoms with Gasteiger partial charge < -0.3 is 10.2 Å². The Morgan fingerprint density at radius 1 is 0.949 bits per heavy atom. The highest BCUT2D eigenvalue weighted by atomic mass is 35.5. The molecule has 1 heterocycles. The Morgan fingerprint density at radius 3 is 2.38 bits per heavy atom. The van der Waals surface area contributed by atoms with Gasteiger partial charge in [-0.2, -0.15) is 0 Å². The Balaban J connectivity index is 1.39. The van der Waals surface area contributed by atoms with E-state index in [1.165, 1.54) is 23.1 Å². The molecular formula is C31H26ClNO6. The highest BCUT2D eigenvalue weighted by Gasteiger charge is 2.56. The first-order valence-corrected chi connectivity index (χ1v) is 13.4. The molecule has 2 N–H and O–H groups in total. The van der Waals surface area contributed by atoms with Crippen molar-refractivity contribution in [1.82, 2.24) is 4.90 Å². The zero-order chi connectivity index (χ0) is 27.6. The molecule has 2 aromatic carbocycles. The first kappa shape index (κ1) is 25.3. The largest absolute Gasteiger partial charge is 0.508 e. The number of aromatic hydroxyl groups is 2. The highest BCUT2D eigenvalue weighted by molar-refractivity contribution is 6.32. The minimum absolute atomic E-state index is 0.0226. The van der Waals surface area contributed by atoms with Crippen LogP contribution >= 0.6 is 11.6 Å². The fourth-order valence-electron chi connectivity index (χ4n) is 6.68. The number of likely N-dealkylation sites (tertiary alicyclic amines) is 1. The highest BCUT2D eigenvalue weighted by Crippen LogP contribution is 2.55. The summed E-state index contributed by atoms with van der Waals surface area (Å²) in [7, 11) is 0. The maximum absolute atomic E-state index is 13.8. The minimum Gasteiger partial charge on any atom is -0.508 e. The molecule has 0 bridgehead atoms. The number of phenolic OH excluding ortho intramolecular Hbond substituents is 2. The van der Waals surface area contributed by atoms with Crippen molar-refractivity contribution in [3.8, 4) is 11.5 Å². The van der Waals surface area contributed by atoms with Gasteiger partial charge in [0.1, 0.15) is 11.5 Å². The van der Waals surface area contributed by atoms with Gasteiger partial charge in [0.2, 0.25) is 11.8 Å². The smallest absolute Gasteiger partial charge is 0.233 e. The second-order valence-electron chi connectivity index (χ2n) is 10.7. The molecule has 198 valence electrons. The number of halogens is 1. The lowest BCUT2D eigenvalue weighted by molar-refractivity contribution is -0.140. The van der Waals surface area contributed by atoms with Crippen molar-refractivity contribution < 1.29 is 29.4 Å². The summed E-state index contributed by atoms with van der Waals surface area (Å²) in [5.41, 5.74) is 3.37. The molecule has 2 amide bonds. The lowest BCUT2D eigenvalue weighted by Gasteiger charge is -2.42. The number of hydrogen-bond acceptors (Lipinski definition) is 6. The monoisotopic (exact) mass is 543 g/mol. The molecule has 0 aromatic heterocycles. The third-order valence-electron chi connectivity index (χ3n) is 8.51. The number of phenols is 2. The van der Waals surface area contributed by atoms with Crippen molar-refractivity contribution in [2.45, 2.75) is 32.1 Å². The predicted octanol–water partition coefficient (Wildman–Crippen LogP) is 4.42. The van der Waals surface area contributed by atoms with Gasteiger partial charge in [0.05, 0.1) is 11.8 Å². The van der Waals surface area contributed by atoms with Crippen molar-refractivity contribution >= 4 is 35.0 Å². The van der Waals surface area contributed by atoms with E-state index in [2.05, 4.69) is 0 Å². The third-order valence-corrected chi connectivity index (χ3v) is 8.84. The number of rotatable bonds is 4. The molecule has 1 aliphatic heterocycles. The molecule has 2 aromatic rings. The number of amides is 2. The summed E-state index contributed by atoms with van der Waals surface area (Å²) < 4.78 is 0. The molecule has 1 fully saturated rings. The van der Waals surface area contributed by atoms with E-state index in [9.17, 15) is 29.4 Å². The van der Waals surface area contributed by atoms with Gasteiger partial charge in [-0.1, -0.05) is 41.4 Å². The fourth-order valence-corrected chi connectivity index (χ4v) is 6.96. The van der Waals surface area contributed by atoms with Gasteiger partial charge >= 0.3 is 0 Å². The van der Waals surface area contributed by atoms with Gasteiger partial charge in [0.25, 0.3) is 0 Å². The summed E-state index contributed by atoms with van der Waals surface area (Å²) in [4.78, 5) is 55.2. The zero-order valence-electron chi connectivity index (χ0n) is 21.2. The summed E-state index contributed by atoms with van der Waals surface area (Å²) in [5.74, 6) is -3.11. The molecule has 7 nitrogen and oxygen atoms in total. The summed E-state index contributed by atoms with van der Waals surface area (Å²) >= 11 is 6.57. The summed E-state index contributed by atoms with van der Waals surface area (Å²) in [6, 6.07) is 11.2. The Hall–Kier alpha value is -3.97. The number of benzene rings is 2. The van der Waals surface area contributed by atoms with Gasteiger partial charge in [-0.25, -0.2) is 0 Å². The number of ketones is 2. The number of Topliss-reactive ketones (excluding diaryl/α,β-unsaturated/α-hetero) is 1. The zero-order valence-corrected chi connectivity index (χ0v) is 21.9. The molecular weight excluding hydrogens is 518 g/mol. The molecule has 4 atom stereocenters. The van der Waals surface area contributed by atoms with Gasteiger partial charge in [0, 0.05) is 34.2 Å². The molecule has 4 unspecified atom stereocenters. The van der Waals surface area contributed by atoms with E-state index in [1.54, 1.807) is 37.3 Å². The van der Waals surface area contributed by atoms with Crippen LogP contribution < -0.4 is 0 Å². The molecule has 0 spiro atoms. The average molecular weight is 544 g/mol. The predicted molar refractivity (Wildman–Crippen MR) is 143 cm³/mol. The minimum atomic E-state index is -0.650. The maximum Gasteiger partial charge on any atom is 0.233 e. The van der Waals surface area contributed by atoms with Gasteiger partial charge in [-0.3, -0.25) is 24.1 Å². The molecule has 1 saturated heterocycles. The van der Waals surface area contributed by atoms with Gasteiger partial charge in [-0.05, 0) is 73.6 Å². The summed E-state index contributed by atoms with van der Waals surface area (Å²) in [6.07, 6.45) is 4.31. The van der Waals surface area contributed by atoms with Crippen LogP contribution in [0.5, 0.6) is 11.5 Å². The normalized spacial score (nSPS) is 26.3. The fraction of sp³-hybridized carbons (Fsp3) is 0.290. The summed E-state index contributed by atoms with van der Waals surface area (Å²) in [6.45, 7) is 1.83. The lowest BCUT2D eigenvalue weighted by atomic mass is 9.59. The van der Waals surface area contributed by atoms with Crippen LogP contribution in [0, 0.1) is 17.8 Å². The topological polar surface area (TPSA) is 112 Å². The van der Waals surface area contributed by atoms with E-state index >= 15 is 0 Å². The van der Waals surface area contributed by atoms with Crippen LogP contribution in [0.3, 0.4) is 0 Å². The van der Waals surface area contributed by atoms with Crippen molar-refractivity contribution in [2.24, 2.45) is 17.8 Å². The number of carbonyl (C=O) groups excluding carboxylic acids is 4. The van der Waals surface area contributed by atoms with Crippen LogP contribution in [0.25, 0.3) is 0 Å². The number of nitrogens with zero attached hydrogens (tertiary/aromatic N) is 1. The van der Waals surface area contributed by atoms with Crippen LogP contribution in [-0.4, -0.2) is 45.0 Å².